The fraction of sp³-hybridized carbons (Fsp3) is 0.385. The van der Waals surface area contributed by atoms with E-state index in [0.29, 0.717) is 0 Å². The number of unbranched alkanes of at least 4 members (excludes halogenated alkanes) is 1. The molecule has 0 N–H and O–H groups in total. The molecule has 0 unspecified atom stereocenters. The summed E-state index contributed by atoms with van der Waals surface area (Å²) in [7, 11) is 2.18. The Labute approximate surface area is 182 Å². The van der Waals surface area contributed by atoms with E-state index in [4.69, 9.17) is 0 Å². The first-order valence-corrected chi connectivity index (χ1v) is 10.9. The van der Waals surface area contributed by atoms with Crippen LogP contribution in [0.4, 0.5) is 0 Å². The highest BCUT2D eigenvalue weighted by Crippen LogP contribution is 2.07. The number of likely N-dealkylation sites (N-methyl/N-ethyl adjacent to an activating group) is 1. The molecule has 4 nitrogen and oxygen atoms in total. The van der Waals surface area contributed by atoms with Crippen LogP contribution < -0.4 is 0 Å². The lowest BCUT2D eigenvalue weighted by Crippen LogP contribution is -2.33. The molecule has 0 aliphatic heterocycles. The first-order chi connectivity index (χ1) is 14.7. The van der Waals surface area contributed by atoms with Crippen molar-refractivity contribution in [3.05, 3.63) is 96.1 Å². The van der Waals surface area contributed by atoms with Crippen LogP contribution in [-0.4, -0.2) is 46.4 Å². The monoisotopic (exact) mass is 404 g/mol. The van der Waals surface area contributed by atoms with Gasteiger partial charge in [-0.1, -0.05) is 61.4 Å². The van der Waals surface area contributed by atoms with E-state index >= 15 is 0 Å². The van der Waals surface area contributed by atoms with Crippen LogP contribution in [0.2, 0.25) is 0 Å². The average molecular weight is 405 g/mol. The largest absolute Gasteiger partial charge is 0.301 e. The van der Waals surface area contributed by atoms with Crippen molar-refractivity contribution in [1.29, 1.82) is 0 Å². The van der Waals surface area contributed by atoms with Crippen molar-refractivity contribution >= 4 is 0 Å². The normalized spacial score (nSPS) is 12.6. The van der Waals surface area contributed by atoms with Crippen LogP contribution >= 0.6 is 0 Å². The molecule has 2 rings (SSSR count). The molecule has 0 aliphatic carbocycles. The van der Waals surface area contributed by atoms with Gasteiger partial charge in [0.05, 0.1) is 11.4 Å². The van der Waals surface area contributed by atoms with E-state index in [-0.39, 0.29) is 0 Å². The lowest BCUT2D eigenvalue weighted by atomic mass is 10.2. The number of hydrogen-bond donors (Lipinski definition) is 0. The summed E-state index contributed by atoms with van der Waals surface area (Å²) >= 11 is 0. The summed E-state index contributed by atoms with van der Waals surface area (Å²) in [5, 5.41) is 0. The molecular weight excluding hydrogens is 368 g/mol. The SMILES string of the molecule is CCC/C=C/C=C\C=C(/C)CN(C)CCN(Cc1ccccn1)Cc1ccccn1. The minimum atomic E-state index is 0.826. The van der Waals surface area contributed by atoms with Gasteiger partial charge in [-0.15, -0.1) is 0 Å². The molecule has 0 aliphatic rings. The highest BCUT2D eigenvalue weighted by Gasteiger charge is 2.10. The second-order valence-electron chi connectivity index (χ2n) is 7.71. The van der Waals surface area contributed by atoms with Crippen molar-refractivity contribution < 1.29 is 0 Å². The Kier molecular flexibility index (Phi) is 11.4. The molecule has 2 heterocycles. The van der Waals surface area contributed by atoms with Gasteiger partial charge >= 0.3 is 0 Å². The van der Waals surface area contributed by atoms with Crippen molar-refractivity contribution in [3.8, 4) is 0 Å². The molecule has 0 spiro atoms. The lowest BCUT2D eigenvalue weighted by Gasteiger charge is -2.25. The van der Waals surface area contributed by atoms with Crippen molar-refractivity contribution in [3.63, 3.8) is 0 Å². The van der Waals surface area contributed by atoms with Crippen LogP contribution in [0.1, 0.15) is 38.1 Å². The van der Waals surface area contributed by atoms with Crippen LogP contribution in [0.25, 0.3) is 0 Å². The van der Waals surface area contributed by atoms with Crippen LogP contribution in [0.15, 0.2) is 84.7 Å². The zero-order chi connectivity index (χ0) is 21.4. The molecule has 0 saturated heterocycles. The van der Waals surface area contributed by atoms with Gasteiger partial charge < -0.3 is 4.90 Å². The Morgan fingerprint density at radius 3 is 2.13 bits per heavy atom. The maximum atomic E-state index is 4.50. The summed E-state index contributed by atoms with van der Waals surface area (Å²) in [6.45, 7) is 8.96. The molecule has 0 amide bonds. The fourth-order valence-electron chi connectivity index (χ4n) is 3.15. The third-order valence-electron chi connectivity index (χ3n) is 4.74. The van der Waals surface area contributed by atoms with E-state index in [1.54, 1.807) is 0 Å². The summed E-state index contributed by atoms with van der Waals surface area (Å²) in [5.41, 5.74) is 3.54. The molecular formula is C26H36N4. The minimum Gasteiger partial charge on any atom is -0.301 e. The van der Waals surface area contributed by atoms with Crippen molar-refractivity contribution in [2.45, 2.75) is 39.8 Å². The van der Waals surface area contributed by atoms with E-state index in [1.165, 1.54) is 12.0 Å². The van der Waals surface area contributed by atoms with Crippen LogP contribution in [0.3, 0.4) is 0 Å². The van der Waals surface area contributed by atoms with E-state index in [1.807, 2.05) is 36.7 Å². The minimum absolute atomic E-state index is 0.826. The molecule has 30 heavy (non-hydrogen) atoms. The van der Waals surface area contributed by atoms with Gasteiger partial charge in [-0.05, 0) is 44.7 Å². The maximum Gasteiger partial charge on any atom is 0.0544 e. The smallest absolute Gasteiger partial charge is 0.0544 e. The Balaban J connectivity index is 1.86. The number of allylic oxidation sites excluding steroid dienone is 5. The Morgan fingerprint density at radius 1 is 0.900 bits per heavy atom. The van der Waals surface area contributed by atoms with Crippen LogP contribution in [0, 0.1) is 0 Å². The maximum absolute atomic E-state index is 4.50. The molecule has 0 bridgehead atoms. The molecule has 0 radical (unpaired) electrons. The Morgan fingerprint density at radius 2 is 1.57 bits per heavy atom. The highest BCUT2D eigenvalue weighted by atomic mass is 15.2. The van der Waals surface area contributed by atoms with Gasteiger partial charge in [0.15, 0.2) is 0 Å². The van der Waals surface area contributed by atoms with E-state index < -0.39 is 0 Å². The predicted molar refractivity (Wildman–Crippen MR) is 127 cm³/mol. The molecule has 160 valence electrons. The van der Waals surface area contributed by atoms with Gasteiger partial charge in [0.25, 0.3) is 0 Å². The van der Waals surface area contributed by atoms with Crippen molar-refractivity contribution in [1.82, 2.24) is 19.8 Å². The average Bonchev–Trinajstić information content (AvgIpc) is 2.76. The molecule has 0 fully saturated rings. The zero-order valence-corrected chi connectivity index (χ0v) is 18.7. The van der Waals surface area contributed by atoms with Crippen molar-refractivity contribution in [2.75, 3.05) is 26.7 Å². The van der Waals surface area contributed by atoms with Crippen LogP contribution in [0.5, 0.6) is 0 Å². The highest BCUT2D eigenvalue weighted by molar-refractivity contribution is 5.16. The van der Waals surface area contributed by atoms with E-state index in [2.05, 4.69) is 83.2 Å². The third kappa shape index (κ3) is 10.3. The van der Waals surface area contributed by atoms with Gasteiger partial charge in [0, 0.05) is 45.1 Å². The van der Waals surface area contributed by atoms with Crippen LogP contribution in [-0.2, 0) is 13.1 Å². The first kappa shape index (κ1) is 23.7. The standard InChI is InChI=1S/C26H36N4/c1-4-5-6-7-8-9-14-24(2)21-29(3)19-20-30(22-25-15-10-12-17-27-25)23-26-16-11-13-18-28-26/h6-18H,4-5,19-23H2,1-3H3/b7-6+,9-8-,24-14+. The summed E-state index contributed by atoms with van der Waals surface area (Å²) in [6, 6.07) is 12.2. The van der Waals surface area contributed by atoms with Gasteiger partial charge in [0.1, 0.15) is 0 Å². The quantitative estimate of drug-likeness (QED) is 0.426. The summed E-state index contributed by atoms with van der Waals surface area (Å²) in [5.74, 6) is 0. The summed E-state index contributed by atoms with van der Waals surface area (Å²) in [4.78, 5) is 13.8. The fourth-order valence-corrected chi connectivity index (χ4v) is 3.15. The number of hydrogen-bond acceptors (Lipinski definition) is 4. The Bertz CT molecular complexity index is 740. The molecule has 0 atom stereocenters. The number of aromatic nitrogens is 2. The zero-order valence-electron chi connectivity index (χ0n) is 18.7. The topological polar surface area (TPSA) is 32.3 Å². The Hall–Kier alpha value is -2.56. The molecule has 4 heteroatoms. The molecule has 2 aromatic rings. The number of pyridine rings is 2. The summed E-state index contributed by atoms with van der Waals surface area (Å²) in [6.07, 6.45) is 16.8. The second kappa shape index (κ2) is 14.4. The first-order valence-electron chi connectivity index (χ1n) is 10.9. The number of nitrogens with zero attached hydrogens (tertiary/aromatic N) is 4. The van der Waals surface area contributed by atoms with Gasteiger partial charge in [-0.3, -0.25) is 14.9 Å². The van der Waals surface area contributed by atoms with Gasteiger partial charge in [0.2, 0.25) is 0 Å². The molecule has 2 aromatic heterocycles. The third-order valence-corrected chi connectivity index (χ3v) is 4.74. The second-order valence-corrected chi connectivity index (χ2v) is 7.71. The molecule has 0 aromatic carbocycles. The van der Waals surface area contributed by atoms with Gasteiger partial charge in [-0.25, -0.2) is 0 Å². The summed E-state index contributed by atoms with van der Waals surface area (Å²) < 4.78 is 0. The van der Waals surface area contributed by atoms with Gasteiger partial charge in [-0.2, -0.15) is 0 Å². The van der Waals surface area contributed by atoms with Crippen molar-refractivity contribution in [2.24, 2.45) is 0 Å². The molecule has 0 saturated carbocycles. The predicted octanol–water partition coefficient (Wildman–Crippen LogP) is 5.27. The van der Waals surface area contributed by atoms with E-state index in [9.17, 15) is 0 Å². The number of rotatable bonds is 13. The van der Waals surface area contributed by atoms with E-state index in [0.717, 1.165) is 50.5 Å². The lowest BCUT2D eigenvalue weighted by molar-refractivity contribution is 0.214.